The van der Waals surface area contributed by atoms with Crippen LogP contribution in [0.25, 0.3) is 11.3 Å². The fourth-order valence-corrected chi connectivity index (χ4v) is 3.50. The number of rotatable bonds is 5. The van der Waals surface area contributed by atoms with Crippen molar-refractivity contribution in [3.63, 3.8) is 0 Å². The van der Waals surface area contributed by atoms with Gasteiger partial charge in [0.05, 0.1) is 6.20 Å². The Morgan fingerprint density at radius 2 is 2.29 bits per heavy atom. The van der Waals surface area contributed by atoms with Gasteiger partial charge in [0.15, 0.2) is 11.7 Å². The molecule has 1 N–H and O–H groups in total. The van der Waals surface area contributed by atoms with Crippen LogP contribution in [0.2, 0.25) is 0 Å². The summed E-state index contributed by atoms with van der Waals surface area (Å²) in [5.41, 5.74) is 0.968. The predicted octanol–water partition coefficient (Wildman–Crippen LogP) is 3.25. The number of aryl methyl sites for hydroxylation is 1. The molecule has 24 heavy (non-hydrogen) atoms. The van der Waals surface area contributed by atoms with Gasteiger partial charge in [0.1, 0.15) is 0 Å². The molecule has 0 radical (unpaired) electrons. The molecule has 1 atom stereocenters. The zero-order valence-electron chi connectivity index (χ0n) is 13.8. The maximum atomic E-state index is 12.4. The van der Waals surface area contributed by atoms with E-state index in [0.717, 1.165) is 41.7 Å². The zero-order valence-corrected chi connectivity index (χ0v) is 15.4. The minimum Gasteiger partial charge on any atom is -0.441 e. The van der Waals surface area contributed by atoms with Crippen LogP contribution >= 0.6 is 15.9 Å². The topological polar surface area (TPSA) is 58.4 Å². The van der Waals surface area contributed by atoms with Gasteiger partial charge in [0.25, 0.3) is 0 Å². The summed E-state index contributed by atoms with van der Waals surface area (Å²) < 4.78 is 6.77. The molecule has 1 aliphatic heterocycles. The third-order valence-corrected chi connectivity index (χ3v) is 5.12. The van der Waals surface area contributed by atoms with Crippen molar-refractivity contribution in [1.82, 2.24) is 15.2 Å². The van der Waals surface area contributed by atoms with Crippen LogP contribution in [-0.4, -0.2) is 42.0 Å². The number of likely N-dealkylation sites (tertiary alicyclic amines) is 1. The number of carbonyl (C=O) groups is 1. The molecule has 0 aliphatic carbocycles. The number of nitrogens with one attached hydrogen (secondary N) is 1. The van der Waals surface area contributed by atoms with Crippen LogP contribution in [-0.2, 0) is 11.2 Å². The van der Waals surface area contributed by atoms with E-state index in [2.05, 4.69) is 26.2 Å². The summed E-state index contributed by atoms with van der Waals surface area (Å²) >= 11 is 3.51. The molecular weight excluding hydrogens is 370 g/mol. The molecule has 0 spiro atoms. The van der Waals surface area contributed by atoms with Crippen LogP contribution in [0, 0.1) is 0 Å². The number of nitrogens with zero attached hydrogens (tertiary/aromatic N) is 2. The summed E-state index contributed by atoms with van der Waals surface area (Å²) in [7, 11) is 1.95. The van der Waals surface area contributed by atoms with E-state index < -0.39 is 0 Å². The largest absolute Gasteiger partial charge is 0.441 e. The van der Waals surface area contributed by atoms with Crippen LogP contribution in [0.1, 0.15) is 25.2 Å². The standard InChI is InChI=1S/C18H22BrN3O2/c1-20-13-5-4-10-22(12-13)18(23)9-8-17-21-11-16(24-17)14-6-2-3-7-15(14)19/h2-3,6-7,11,13,20H,4-5,8-10,12H2,1H3. The van der Waals surface area contributed by atoms with Crippen molar-refractivity contribution in [2.75, 3.05) is 20.1 Å². The molecule has 1 amide bonds. The Morgan fingerprint density at radius 1 is 1.46 bits per heavy atom. The molecule has 1 fully saturated rings. The highest BCUT2D eigenvalue weighted by atomic mass is 79.9. The quantitative estimate of drug-likeness (QED) is 0.849. The van der Waals surface area contributed by atoms with Crippen molar-refractivity contribution < 1.29 is 9.21 Å². The Bertz CT molecular complexity index is 701. The van der Waals surface area contributed by atoms with Gasteiger partial charge < -0.3 is 14.6 Å². The second-order valence-electron chi connectivity index (χ2n) is 6.07. The molecule has 5 nitrogen and oxygen atoms in total. The highest BCUT2D eigenvalue weighted by Crippen LogP contribution is 2.28. The molecule has 2 heterocycles. The van der Waals surface area contributed by atoms with Gasteiger partial charge in [-0.25, -0.2) is 4.98 Å². The molecule has 1 aliphatic rings. The van der Waals surface area contributed by atoms with Crippen LogP contribution in [0.15, 0.2) is 39.4 Å². The summed E-state index contributed by atoms with van der Waals surface area (Å²) in [4.78, 5) is 18.6. The van der Waals surface area contributed by atoms with Crippen molar-refractivity contribution in [3.05, 3.63) is 40.8 Å². The Hall–Kier alpha value is -1.66. The molecule has 1 saturated heterocycles. The average molecular weight is 392 g/mol. The van der Waals surface area contributed by atoms with Gasteiger partial charge in [-0.15, -0.1) is 0 Å². The van der Waals surface area contributed by atoms with E-state index in [-0.39, 0.29) is 5.91 Å². The molecule has 1 aromatic heterocycles. The van der Waals surface area contributed by atoms with Crippen molar-refractivity contribution in [2.24, 2.45) is 0 Å². The first-order chi connectivity index (χ1) is 11.7. The lowest BCUT2D eigenvalue weighted by Gasteiger charge is -2.32. The van der Waals surface area contributed by atoms with Crippen molar-refractivity contribution >= 4 is 21.8 Å². The second kappa shape index (κ2) is 7.94. The number of hydrogen-bond donors (Lipinski definition) is 1. The van der Waals surface area contributed by atoms with Crippen LogP contribution in [0.3, 0.4) is 0 Å². The number of hydrogen-bond acceptors (Lipinski definition) is 4. The third-order valence-electron chi connectivity index (χ3n) is 4.43. The molecule has 1 unspecified atom stereocenters. The Kier molecular flexibility index (Phi) is 5.68. The number of amides is 1. The fraction of sp³-hybridized carbons (Fsp3) is 0.444. The maximum absolute atomic E-state index is 12.4. The molecule has 6 heteroatoms. The van der Waals surface area contributed by atoms with Gasteiger partial charge in [0.2, 0.25) is 5.91 Å². The fourth-order valence-electron chi connectivity index (χ4n) is 3.02. The summed E-state index contributed by atoms with van der Waals surface area (Å²) in [6, 6.07) is 8.27. The number of carbonyl (C=O) groups excluding carboxylic acids is 1. The van der Waals surface area contributed by atoms with Crippen molar-refractivity contribution in [3.8, 4) is 11.3 Å². The first kappa shape index (κ1) is 17.2. The van der Waals surface area contributed by atoms with E-state index >= 15 is 0 Å². The van der Waals surface area contributed by atoms with E-state index in [0.29, 0.717) is 24.8 Å². The highest BCUT2D eigenvalue weighted by Gasteiger charge is 2.22. The Morgan fingerprint density at radius 3 is 3.08 bits per heavy atom. The average Bonchev–Trinajstić information content (AvgIpc) is 3.09. The first-order valence-corrected chi connectivity index (χ1v) is 9.11. The second-order valence-corrected chi connectivity index (χ2v) is 6.92. The molecule has 0 bridgehead atoms. The molecule has 1 aromatic carbocycles. The van der Waals surface area contributed by atoms with E-state index in [4.69, 9.17) is 4.42 Å². The summed E-state index contributed by atoms with van der Waals surface area (Å²) in [6.07, 6.45) is 4.88. The minimum absolute atomic E-state index is 0.176. The lowest BCUT2D eigenvalue weighted by Crippen LogP contribution is -2.47. The summed E-state index contributed by atoms with van der Waals surface area (Å²) in [5.74, 6) is 1.50. The van der Waals surface area contributed by atoms with Gasteiger partial charge in [-0.05, 0) is 26.0 Å². The maximum Gasteiger partial charge on any atom is 0.223 e. The van der Waals surface area contributed by atoms with Gasteiger partial charge >= 0.3 is 0 Å². The van der Waals surface area contributed by atoms with Crippen molar-refractivity contribution in [1.29, 1.82) is 0 Å². The van der Waals surface area contributed by atoms with Gasteiger partial charge in [0, 0.05) is 42.0 Å². The number of halogens is 1. The lowest BCUT2D eigenvalue weighted by molar-refractivity contribution is -0.132. The van der Waals surface area contributed by atoms with Gasteiger partial charge in [-0.3, -0.25) is 4.79 Å². The van der Waals surface area contributed by atoms with Crippen LogP contribution in [0.5, 0.6) is 0 Å². The summed E-state index contributed by atoms with van der Waals surface area (Å²) in [6.45, 7) is 1.65. The molecule has 3 rings (SSSR count). The van der Waals surface area contributed by atoms with Gasteiger partial charge in [-0.2, -0.15) is 0 Å². The first-order valence-electron chi connectivity index (χ1n) is 8.32. The SMILES string of the molecule is CNC1CCCN(C(=O)CCc2ncc(-c3ccccc3Br)o2)C1. The van der Waals surface area contributed by atoms with E-state index in [1.54, 1.807) is 6.20 Å². The smallest absolute Gasteiger partial charge is 0.223 e. The van der Waals surface area contributed by atoms with Crippen LogP contribution in [0.4, 0.5) is 0 Å². The molecule has 0 saturated carbocycles. The van der Waals surface area contributed by atoms with Gasteiger partial charge in [-0.1, -0.05) is 34.1 Å². The van der Waals surface area contributed by atoms with E-state index in [1.165, 1.54) is 0 Å². The number of oxazole rings is 1. The highest BCUT2D eigenvalue weighted by molar-refractivity contribution is 9.10. The number of piperidine rings is 1. The predicted molar refractivity (Wildman–Crippen MR) is 96.6 cm³/mol. The van der Waals surface area contributed by atoms with Crippen LogP contribution < -0.4 is 5.32 Å². The molecule has 2 aromatic rings. The normalized spacial score (nSPS) is 17.9. The number of aromatic nitrogens is 1. The lowest BCUT2D eigenvalue weighted by atomic mass is 10.1. The Balaban J connectivity index is 1.57. The number of benzene rings is 1. The van der Waals surface area contributed by atoms with E-state index in [9.17, 15) is 4.79 Å². The molecule has 128 valence electrons. The third kappa shape index (κ3) is 4.05. The molecular formula is C18H22BrN3O2. The minimum atomic E-state index is 0.176. The summed E-state index contributed by atoms with van der Waals surface area (Å²) in [5, 5.41) is 3.26. The number of likely N-dealkylation sites (N-methyl/N-ethyl adjacent to an activating group) is 1. The van der Waals surface area contributed by atoms with Crippen molar-refractivity contribution in [2.45, 2.75) is 31.7 Å². The Labute approximate surface area is 150 Å². The van der Waals surface area contributed by atoms with E-state index in [1.807, 2.05) is 36.2 Å². The monoisotopic (exact) mass is 391 g/mol. The zero-order chi connectivity index (χ0) is 16.9.